The largest absolute Gasteiger partial charge is 0.497 e. The molecule has 1 N–H and O–H groups in total. The van der Waals surface area contributed by atoms with E-state index in [-0.39, 0.29) is 24.5 Å². The number of nitrogens with one attached hydrogen (secondary N) is 1. The van der Waals surface area contributed by atoms with Crippen molar-refractivity contribution in [2.24, 2.45) is 0 Å². The van der Waals surface area contributed by atoms with Gasteiger partial charge in [0.05, 0.1) is 19.9 Å². The second-order valence-corrected chi connectivity index (χ2v) is 6.82. The van der Waals surface area contributed by atoms with Gasteiger partial charge in [-0.3, -0.25) is 9.59 Å². The van der Waals surface area contributed by atoms with Crippen molar-refractivity contribution in [2.75, 3.05) is 19.5 Å². The number of Topliss-reactive ketones (excluding diaryl/α,β-unsaturated/α-hetero) is 1. The van der Waals surface area contributed by atoms with E-state index in [1.165, 1.54) is 7.11 Å². The predicted molar refractivity (Wildman–Crippen MR) is 95.5 cm³/mol. The molecular formula is C18H21NO4S. The molecule has 0 radical (unpaired) electrons. The first-order valence-electron chi connectivity index (χ1n) is 7.56. The Morgan fingerprint density at radius 1 is 1.08 bits per heavy atom. The summed E-state index contributed by atoms with van der Waals surface area (Å²) < 4.78 is 10.4. The highest BCUT2D eigenvalue weighted by Crippen LogP contribution is 2.29. The molecule has 128 valence electrons. The third-order valence-corrected chi connectivity index (χ3v) is 4.57. The predicted octanol–water partition coefficient (Wildman–Crippen LogP) is 3.98. The van der Waals surface area contributed by atoms with Crippen molar-refractivity contribution in [1.82, 2.24) is 0 Å². The lowest BCUT2D eigenvalue weighted by Crippen LogP contribution is -2.14. The van der Waals surface area contributed by atoms with E-state index >= 15 is 0 Å². The van der Waals surface area contributed by atoms with E-state index in [1.54, 1.807) is 36.6 Å². The average Bonchev–Trinajstić information content (AvgIpc) is 2.91. The molecule has 2 aromatic rings. The van der Waals surface area contributed by atoms with E-state index in [9.17, 15) is 9.59 Å². The molecule has 0 aliphatic heterocycles. The number of hydrogen-bond donors (Lipinski definition) is 1. The maximum atomic E-state index is 12.2. The molecule has 24 heavy (non-hydrogen) atoms. The van der Waals surface area contributed by atoms with Gasteiger partial charge in [0.25, 0.3) is 0 Å². The van der Waals surface area contributed by atoms with E-state index in [2.05, 4.69) is 5.32 Å². The number of hydrogen-bond acceptors (Lipinski definition) is 5. The van der Waals surface area contributed by atoms with Crippen molar-refractivity contribution in [1.29, 1.82) is 0 Å². The highest BCUT2D eigenvalue weighted by molar-refractivity contribution is 7.12. The maximum Gasteiger partial charge on any atom is 0.224 e. The summed E-state index contributed by atoms with van der Waals surface area (Å²) in [4.78, 5) is 26.4. The monoisotopic (exact) mass is 347 g/mol. The molecule has 2 rings (SSSR count). The molecule has 0 unspecified atom stereocenters. The molecular weight excluding hydrogens is 326 g/mol. The summed E-state index contributed by atoms with van der Waals surface area (Å²) in [6, 6.07) is 7.02. The van der Waals surface area contributed by atoms with Crippen LogP contribution in [0.5, 0.6) is 11.5 Å². The average molecular weight is 347 g/mol. The van der Waals surface area contributed by atoms with Crippen molar-refractivity contribution >= 4 is 28.7 Å². The van der Waals surface area contributed by atoms with Crippen molar-refractivity contribution in [3.8, 4) is 11.5 Å². The Hall–Kier alpha value is -2.34. The molecule has 0 bridgehead atoms. The highest BCUT2D eigenvalue weighted by Gasteiger charge is 2.15. The number of amides is 1. The third kappa shape index (κ3) is 4.35. The Labute approximate surface area is 145 Å². The van der Waals surface area contributed by atoms with Gasteiger partial charge in [0.15, 0.2) is 5.78 Å². The van der Waals surface area contributed by atoms with Gasteiger partial charge >= 0.3 is 0 Å². The standard InChI is InChI=1S/C18H21NO4S/c1-11-9-14(12(2)24-11)16(20)7-8-18(21)19-15-6-5-13(22-3)10-17(15)23-4/h5-6,9-10H,7-8H2,1-4H3,(H,19,21). The van der Waals surface area contributed by atoms with Crippen LogP contribution in [0.3, 0.4) is 0 Å². The second kappa shape index (κ2) is 7.97. The van der Waals surface area contributed by atoms with Gasteiger partial charge in [0, 0.05) is 34.2 Å². The SMILES string of the molecule is COc1ccc(NC(=O)CCC(=O)c2cc(C)sc2C)c(OC)c1. The van der Waals surface area contributed by atoms with Crippen molar-refractivity contribution < 1.29 is 19.1 Å². The van der Waals surface area contributed by atoms with E-state index in [4.69, 9.17) is 9.47 Å². The van der Waals surface area contributed by atoms with Gasteiger partial charge in [-0.2, -0.15) is 0 Å². The van der Waals surface area contributed by atoms with Crippen LogP contribution in [-0.4, -0.2) is 25.9 Å². The molecule has 0 fully saturated rings. The summed E-state index contributed by atoms with van der Waals surface area (Å²) in [6.45, 7) is 3.89. The van der Waals surface area contributed by atoms with Gasteiger partial charge in [-0.1, -0.05) is 0 Å². The lowest BCUT2D eigenvalue weighted by molar-refractivity contribution is -0.116. The van der Waals surface area contributed by atoms with Crippen LogP contribution in [0.15, 0.2) is 24.3 Å². The van der Waals surface area contributed by atoms with Crippen LogP contribution in [0.2, 0.25) is 0 Å². The molecule has 6 heteroatoms. The number of methoxy groups -OCH3 is 2. The summed E-state index contributed by atoms with van der Waals surface area (Å²) in [7, 11) is 3.09. The summed E-state index contributed by atoms with van der Waals surface area (Å²) in [5.74, 6) is 0.923. The van der Waals surface area contributed by atoms with Crippen LogP contribution in [0.25, 0.3) is 0 Å². The van der Waals surface area contributed by atoms with Crippen LogP contribution in [0, 0.1) is 13.8 Å². The van der Waals surface area contributed by atoms with E-state index < -0.39 is 0 Å². The molecule has 1 amide bonds. The highest BCUT2D eigenvalue weighted by atomic mass is 32.1. The van der Waals surface area contributed by atoms with Crippen LogP contribution < -0.4 is 14.8 Å². The van der Waals surface area contributed by atoms with E-state index in [0.29, 0.717) is 22.7 Å². The maximum absolute atomic E-state index is 12.2. The summed E-state index contributed by atoms with van der Waals surface area (Å²) in [6.07, 6.45) is 0.309. The molecule has 5 nitrogen and oxygen atoms in total. The summed E-state index contributed by atoms with van der Waals surface area (Å²) in [5.41, 5.74) is 1.27. The van der Waals surface area contributed by atoms with Gasteiger partial charge in [-0.25, -0.2) is 0 Å². The van der Waals surface area contributed by atoms with Crippen LogP contribution >= 0.6 is 11.3 Å². The fourth-order valence-corrected chi connectivity index (χ4v) is 3.33. The number of aryl methyl sites for hydroxylation is 2. The van der Waals surface area contributed by atoms with Gasteiger partial charge in [-0.05, 0) is 32.0 Å². The molecule has 0 saturated heterocycles. The first-order valence-corrected chi connectivity index (χ1v) is 8.38. The van der Waals surface area contributed by atoms with Crippen molar-refractivity contribution in [2.45, 2.75) is 26.7 Å². The van der Waals surface area contributed by atoms with E-state index in [0.717, 1.165) is 9.75 Å². The number of carbonyl (C=O) groups excluding carboxylic acids is 2. The van der Waals surface area contributed by atoms with Crippen LogP contribution in [-0.2, 0) is 4.79 Å². The Morgan fingerprint density at radius 2 is 1.83 bits per heavy atom. The summed E-state index contributed by atoms with van der Waals surface area (Å²) in [5, 5.41) is 2.77. The zero-order valence-electron chi connectivity index (χ0n) is 14.3. The number of thiophene rings is 1. The zero-order valence-corrected chi connectivity index (χ0v) is 15.1. The van der Waals surface area contributed by atoms with Gasteiger partial charge < -0.3 is 14.8 Å². The quantitative estimate of drug-likeness (QED) is 0.769. The van der Waals surface area contributed by atoms with Gasteiger partial charge in [0.2, 0.25) is 5.91 Å². The minimum atomic E-state index is -0.226. The van der Waals surface area contributed by atoms with Crippen molar-refractivity contribution in [3.63, 3.8) is 0 Å². The second-order valence-electron chi connectivity index (χ2n) is 5.36. The first kappa shape index (κ1) is 18.0. The minimum Gasteiger partial charge on any atom is -0.497 e. The van der Waals surface area contributed by atoms with Gasteiger partial charge in [0.1, 0.15) is 11.5 Å². The smallest absolute Gasteiger partial charge is 0.224 e. The third-order valence-electron chi connectivity index (χ3n) is 3.60. The fraction of sp³-hybridized carbons (Fsp3) is 0.333. The molecule has 0 atom stereocenters. The number of ketones is 1. The molecule has 1 heterocycles. The zero-order chi connectivity index (χ0) is 17.7. The van der Waals surface area contributed by atoms with Gasteiger partial charge in [-0.15, -0.1) is 11.3 Å². The number of benzene rings is 1. The number of carbonyl (C=O) groups is 2. The normalized spacial score (nSPS) is 10.3. The molecule has 0 aliphatic carbocycles. The molecule has 1 aromatic heterocycles. The van der Waals surface area contributed by atoms with Crippen molar-refractivity contribution in [3.05, 3.63) is 39.6 Å². The number of anilines is 1. The lowest BCUT2D eigenvalue weighted by Gasteiger charge is -2.11. The number of ether oxygens (including phenoxy) is 2. The molecule has 0 saturated carbocycles. The van der Waals surface area contributed by atoms with Crippen LogP contribution in [0.1, 0.15) is 33.0 Å². The Morgan fingerprint density at radius 3 is 2.42 bits per heavy atom. The Bertz CT molecular complexity index is 751. The lowest BCUT2D eigenvalue weighted by atomic mass is 10.1. The molecule has 0 aliphatic rings. The van der Waals surface area contributed by atoms with Crippen LogP contribution in [0.4, 0.5) is 5.69 Å². The Kier molecular flexibility index (Phi) is 5.98. The number of rotatable bonds is 7. The molecule has 1 aromatic carbocycles. The first-order chi connectivity index (χ1) is 11.4. The Balaban J connectivity index is 1.96. The topological polar surface area (TPSA) is 64.6 Å². The van der Waals surface area contributed by atoms with E-state index in [1.807, 2.05) is 19.9 Å². The minimum absolute atomic E-state index is 0.00584. The molecule has 0 spiro atoms. The summed E-state index contributed by atoms with van der Waals surface area (Å²) >= 11 is 1.59. The fourth-order valence-electron chi connectivity index (χ4n) is 2.38.